The summed E-state index contributed by atoms with van der Waals surface area (Å²) < 4.78 is 2.13. The molecule has 2 nitrogen and oxygen atoms in total. The molecule has 3 aromatic rings. The molecule has 0 radical (unpaired) electrons. The van der Waals surface area contributed by atoms with Crippen molar-refractivity contribution < 1.29 is 0 Å². The minimum absolute atomic E-state index is 0.899. The Morgan fingerprint density at radius 1 is 0.810 bits per heavy atom. The minimum Gasteiger partial charge on any atom is -0.269 e. The fourth-order valence-electron chi connectivity index (χ4n) is 2.82. The van der Waals surface area contributed by atoms with Crippen LogP contribution in [0.4, 0.5) is 0 Å². The molecule has 0 spiro atoms. The lowest BCUT2D eigenvalue weighted by atomic mass is 9.98. The van der Waals surface area contributed by atoms with Crippen molar-refractivity contribution in [1.82, 2.24) is 9.78 Å². The van der Waals surface area contributed by atoms with E-state index in [9.17, 15) is 0 Å². The van der Waals surface area contributed by atoms with Crippen LogP contribution in [0.25, 0.3) is 22.4 Å². The first-order valence-corrected chi connectivity index (χ1v) is 7.55. The maximum atomic E-state index is 4.86. The fourth-order valence-corrected chi connectivity index (χ4v) is 2.82. The van der Waals surface area contributed by atoms with Crippen LogP contribution < -0.4 is 0 Å². The van der Waals surface area contributed by atoms with Gasteiger partial charge in [-0.1, -0.05) is 67.6 Å². The number of hydrogen-bond acceptors (Lipinski definition) is 1. The normalized spacial score (nSPS) is 10.8. The number of aryl methyl sites for hydroxylation is 1. The molecule has 0 N–H and O–H groups in total. The predicted molar refractivity (Wildman–Crippen MR) is 88.2 cm³/mol. The molecule has 0 amide bonds. The molecule has 0 saturated carbocycles. The zero-order valence-electron chi connectivity index (χ0n) is 12.6. The Kier molecular flexibility index (Phi) is 3.87. The van der Waals surface area contributed by atoms with Gasteiger partial charge in [0.25, 0.3) is 0 Å². The Hall–Kier alpha value is -2.35. The molecule has 0 bridgehead atoms. The van der Waals surface area contributed by atoms with Crippen LogP contribution in [0, 0.1) is 0 Å². The summed E-state index contributed by atoms with van der Waals surface area (Å²) >= 11 is 0. The standard InChI is InChI=1S/C19H20N2/c1-3-17-18(15-11-7-5-8-12-15)19(20-21(17)4-2)16-13-9-6-10-14-16/h5-14H,3-4H2,1-2H3. The van der Waals surface area contributed by atoms with Crippen molar-refractivity contribution in [2.75, 3.05) is 0 Å². The largest absolute Gasteiger partial charge is 0.269 e. The summed E-state index contributed by atoms with van der Waals surface area (Å²) in [5.74, 6) is 0. The van der Waals surface area contributed by atoms with E-state index in [4.69, 9.17) is 5.10 Å². The Morgan fingerprint density at radius 2 is 1.38 bits per heavy atom. The summed E-state index contributed by atoms with van der Waals surface area (Å²) in [5, 5.41) is 4.86. The van der Waals surface area contributed by atoms with Gasteiger partial charge >= 0.3 is 0 Å². The Labute approximate surface area is 126 Å². The van der Waals surface area contributed by atoms with E-state index in [0.29, 0.717) is 0 Å². The summed E-state index contributed by atoms with van der Waals surface area (Å²) in [6.07, 6.45) is 0.984. The van der Waals surface area contributed by atoms with E-state index < -0.39 is 0 Å². The van der Waals surface area contributed by atoms with Gasteiger partial charge in [0.15, 0.2) is 0 Å². The van der Waals surface area contributed by atoms with Gasteiger partial charge in [0.2, 0.25) is 0 Å². The molecular formula is C19H20N2. The predicted octanol–water partition coefficient (Wildman–Crippen LogP) is 4.80. The number of aromatic nitrogens is 2. The van der Waals surface area contributed by atoms with Crippen molar-refractivity contribution in [2.45, 2.75) is 26.8 Å². The first-order valence-electron chi connectivity index (χ1n) is 7.55. The third kappa shape index (κ3) is 2.49. The monoisotopic (exact) mass is 276 g/mol. The second-order valence-electron chi connectivity index (χ2n) is 5.07. The van der Waals surface area contributed by atoms with Gasteiger partial charge in [0, 0.05) is 23.4 Å². The molecule has 106 valence electrons. The summed E-state index contributed by atoms with van der Waals surface area (Å²) in [6, 6.07) is 21.0. The lowest BCUT2D eigenvalue weighted by Gasteiger charge is -2.06. The zero-order chi connectivity index (χ0) is 14.7. The molecule has 0 aliphatic rings. The number of nitrogens with zero attached hydrogens (tertiary/aromatic N) is 2. The maximum Gasteiger partial charge on any atom is 0.100 e. The van der Waals surface area contributed by atoms with E-state index in [1.807, 2.05) is 6.07 Å². The van der Waals surface area contributed by atoms with Gasteiger partial charge in [-0.05, 0) is 18.9 Å². The number of rotatable bonds is 4. The van der Waals surface area contributed by atoms with E-state index >= 15 is 0 Å². The first kappa shape index (κ1) is 13.6. The van der Waals surface area contributed by atoms with Crippen LogP contribution in [0.5, 0.6) is 0 Å². The molecule has 1 aromatic heterocycles. The number of hydrogen-bond donors (Lipinski definition) is 0. The molecule has 0 fully saturated rings. The lowest BCUT2D eigenvalue weighted by Crippen LogP contribution is -2.01. The van der Waals surface area contributed by atoms with Gasteiger partial charge in [0.05, 0.1) is 0 Å². The van der Waals surface area contributed by atoms with Crippen LogP contribution in [-0.2, 0) is 13.0 Å². The van der Waals surface area contributed by atoms with E-state index in [1.165, 1.54) is 22.4 Å². The average molecular weight is 276 g/mol. The maximum absolute atomic E-state index is 4.86. The highest BCUT2D eigenvalue weighted by Gasteiger charge is 2.18. The second kappa shape index (κ2) is 5.96. The van der Waals surface area contributed by atoms with Crippen LogP contribution >= 0.6 is 0 Å². The van der Waals surface area contributed by atoms with E-state index in [1.54, 1.807) is 0 Å². The van der Waals surface area contributed by atoms with Gasteiger partial charge in [-0.3, -0.25) is 4.68 Å². The highest BCUT2D eigenvalue weighted by Crippen LogP contribution is 2.34. The van der Waals surface area contributed by atoms with Crippen LogP contribution in [0.15, 0.2) is 60.7 Å². The van der Waals surface area contributed by atoms with Gasteiger partial charge in [-0.15, -0.1) is 0 Å². The molecule has 2 aromatic carbocycles. The van der Waals surface area contributed by atoms with Crippen molar-refractivity contribution in [2.24, 2.45) is 0 Å². The highest BCUT2D eigenvalue weighted by atomic mass is 15.3. The van der Waals surface area contributed by atoms with Gasteiger partial charge < -0.3 is 0 Å². The average Bonchev–Trinajstić information content (AvgIpc) is 2.95. The molecule has 0 aliphatic carbocycles. The highest BCUT2D eigenvalue weighted by molar-refractivity contribution is 5.82. The second-order valence-corrected chi connectivity index (χ2v) is 5.07. The summed E-state index contributed by atoms with van der Waals surface area (Å²) in [4.78, 5) is 0. The summed E-state index contributed by atoms with van der Waals surface area (Å²) in [7, 11) is 0. The zero-order valence-corrected chi connectivity index (χ0v) is 12.6. The lowest BCUT2D eigenvalue weighted by molar-refractivity contribution is 0.628. The van der Waals surface area contributed by atoms with Crippen molar-refractivity contribution in [3.8, 4) is 22.4 Å². The van der Waals surface area contributed by atoms with Gasteiger partial charge in [-0.25, -0.2) is 0 Å². The smallest absolute Gasteiger partial charge is 0.100 e. The summed E-state index contributed by atoms with van der Waals surface area (Å²) in [6.45, 7) is 5.25. The van der Waals surface area contributed by atoms with Crippen LogP contribution in [0.2, 0.25) is 0 Å². The molecule has 0 saturated heterocycles. The Morgan fingerprint density at radius 3 is 1.90 bits per heavy atom. The number of benzene rings is 2. The topological polar surface area (TPSA) is 17.8 Å². The third-order valence-electron chi connectivity index (χ3n) is 3.80. The molecule has 3 rings (SSSR count). The van der Waals surface area contributed by atoms with Crippen LogP contribution in [-0.4, -0.2) is 9.78 Å². The summed E-state index contributed by atoms with van der Waals surface area (Å²) in [5.41, 5.74) is 6.08. The minimum atomic E-state index is 0.899. The quantitative estimate of drug-likeness (QED) is 0.669. The van der Waals surface area contributed by atoms with Crippen molar-refractivity contribution in [1.29, 1.82) is 0 Å². The van der Waals surface area contributed by atoms with Crippen molar-refractivity contribution >= 4 is 0 Å². The van der Waals surface area contributed by atoms with Crippen molar-refractivity contribution in [3.63, 3.8) is 0 Å². The van der Waals surface area contributed by atoms with Crippen LogP contribution in [0.1, 0.15) is 19.5 Å². The van der Waals surface area contributed by atoms with Gasteiger partial charge in [-0.2, -0.15) is 5.10 Å². The van der Waals surface area contributed by atoms with E-state index in [-0.39, 0.29) is 0 Å². The SMILES string of the molecule is CCc1c(-c2ccccc2)c(-c2ccccc2)nn1CC. The van der Waals surface area contributed by atoms with Crippen LogP contribution in [0.3, 0.4) is 0 Å². The van der Waals surface area contributed by atoms with Crippen molar-refractivity contribution in [3.05, 3.63) is 66.4 Å². The van der Waals surface area contributed by atoms with Gasteiger partial charge in [0.1, 0.15) is 5.69 Å². The molecular weight excluding hydrogens is 256 g/mol. The Balaban J connectivity index is 2.27. The molecule has 2 heteroatoms. The van der Waals surface area contributed by atoms with E-state index in [0.717, 1.165) is 18.7 Å². The molecule has 0 aliphatic heterocycles. The molecule has 1 heterocycles. The van der Waals surface area contributed by atoms with E-state index in [2.05, 4.69) is 73.1 Å². The molecule has 0 atom stereocenters. The fraction of sp³-hybridized carbons (Fsp3) is 0.211. The first-order chi connectivity index (χ1) is 10.3. The molecule has 21 heavy (non-hydrogen) atoms. The molecule has 0 unspecified atom stereocenters. The third-order valence-corrected chi connectivity index (χ3v) is 3.80. The Bertz CT molecular complexity index is 712.